The quantitative estimate of drug-likeness (QED) is 0.696. The van der Waals surface area contributed by atoms with Crippen molar-refractivity contribution in [2.45, 2.75) is 47.0 Å². The SMILES string of the molecule is Cc1cc(OCC(=O)Nc2sc3c(c2C(N)=O)CC[C@@H](C(C)(C)C)C3)ccc1Cl. The summed E-state index contributed by atoms with van der Waals surface area (Å²) in [5.74, 6) is 0.275. The molecule has 1 aliphatic rings. The summed E-state index contributed by atoms with van der Waals surface area (Å²) in [4.78, 5) is 25.7. The molecule has 0 aliphatic heterocycles. The third-order valence-electron chi connectivity index (χ3n) is 5.49. The Labute approximate surface area is 180 Å². The number of amides is 2. The van der Waals surface area contributed by atoms with Gasteiger partial charge in [0.2, 0.25) is 0 Å². The molecule has 1 aliphatic carbocycles. The van der Waals surface area contributed by atoms with Crippen LogP contribution in [0.15, 0.2) is 18.2 Å². The minimum atomic E-state index is -0.499. The van der Waals surface area contributed by atoms with E-state index >= 15 is 0 Å². The first-order chi connectivity index (χ1) is 13.6. The number of aryl methyl sites for hydroxylation is 1. The molecule has 0 radical (unpaired) electrons. The molecular weight excluding hydrogens is 408 g/mol. The van der Waals surface area contributed by atoms with Gasteiger partial charge in [-0.1, -0.05) is 32.4 Å². The number of thiophene rings is 1. The number of ether oxygens (including phenoxy) is 1. The lowest BCUT2D eigenvalue weighted by Gasteiger charge is -2.33. The molecule has 0 unspecified atom stereocenters. The first-order valence-corrected chi connectivity index (χ1v) is 10.9. The van der Waals surface area contributed by atoms with E-state index < -0.39 is 5.91 Å². The molecule has 0 saturated carbocycles. The van der Waals surface area contributed by atoms with Crippen molar-refractivity contribution in [3.05, 3.63) is 44.8 Å². The van der Waals surface area contributed by atoms with Gasteiger partial charge in [-0.05, 0) is 66.8 Å². The lowest BCUT2D eigenvalue weighted by Crippen LogP contribution is -2.27. The molecule has 0 bridgehead atoms. The molecule has 1 heterocycles. The largest absolute Gasteiger partial charge is 0.484 e. The Kier molecular flexibility index (Phi) is 6.24. The van der Waals surface area contributed by atoms with Crippen LogP contribution in [-0.4, -0.2) is 18.4 Å². The number of halogens is 1. The van der Waals surface area contributed by atoms with Gasteiger partial charge in [0.05, 0.1) is 5.56 Å². The Morgan fingerprint density at radius 2 is 2.07 bits per heavy atom. The average molecular weight is 435 g/mol. The molecule has 0 spiro atoms. The zero-order chi connectivity index (χ0) is 21.3. The number of carbonyl (C=O) groups excluding carboxylic acids is 2. The fraction of sp³-hybridized carbons (Fsp3) is 0.455. The van der Waals surface area contributed by atoms with Crippen molar-refractivity contribution in [2.75, 3.05) is 11.9 Å². The van der Waals surface area contributed by atoms with Crippen molar-refractivity contribution < 1.29 is 14.3 Å². The third-order valence-corrected chi connectivity index (χ3v) is 7.08. The highest BCUT2D eigenvalue weighted by Crippen LogP contribution is 2.44. The van der Waals surface area contributed by atoms with Crippen molar-refractivity contribution in [2.24, 2.45) is 17.1 Å². The van der Waals surface area contributed by atoms with Gasteiger partial charge in [0.25, 0.3) is 11.8 Å². The Morgan fingerprint density at radius 3 is 2.69 bits per heavy atom. The minimum Gasteiger partial charge on any atom is -0.484 e. The number of rotatable bonds is 5. The van der Waals surface area contributed by atoms with Gasteiger partial charge in [-0.15, -0.1) is 11.3 Å². The lowest BCUT2D eigenvalue weighted by molar-refractivity contribution is -0.118. The number of primary amides is 1. The highest BCUT2D eigenvalue weighted by molar-refractivity contribution is 7.17. The number of nitrogens with two attached hydrogens (primary N) is 1. The molecule has 1 aromatic heterocycles. The van der Waals surface area contributed by atoms with Crippen molar-refractivity contribution in [3.8, 4) is 5.75 Å². The Hall–Kier alpha value is -2.05. The number of benzene rings is 1. The monoisotopic (exact) mass is 434 g/mol. The summed E-state index contributed by atoms with van der Waals surface area (Å²) >= 11 is 7.47. The van der Waals surface area contributed by atoms with Crippen LogP contribution in [0.4, 0.5) is 5.00 Å². The van der Waals surface area contributed by atoms with Crippen LogP contribution in [-0.2, 0) is 17.6 Å². The maximum Gasteiger partial charge on any atom is 0.262 e. The van der Waals surface area contributed by atoms with Crippen molar-refractivity contribution in [3.63, 3.8) is 0 Å². The molecule has 1 atom stereocenters. The number of anilines is 1. The highest BCUT2D eigenvalue weighted by atomic mass is 35.5. The van der Waals surface area contributed by atoms with Crippen LogP contribution in [0.25, 0.3) is 0 Å². The fourth-order valence-corrected chi connectivity index (χ4v) is 5.16. The topological polar surface area (TPSA) is 81.4 Å². The normalized spacial score (nSPS) is 16.2. The molecule has 156 valence electrons. The van der Waals surface area contributed by atoms with Gasteiger partial charge >= 0.3 is 0 Å². The predicted molar refractivity (Wildman–Crippen MR) is 118 cm³/mol. The van der Waals surface area contributed by atoms with E-state index in [0.717, 1.165) is 35.3 Å². The Morgan fingerprint density at radius 1 is 1.34 bits per heavy atom. The zero-order valence-corrected chi connectivity index (χ0v) is 18.8. The number of carbonyl (C=O) groups is 2. The molecule has 2 aromatic rings. The fourth-order valence-electron chi connectivity index (χ4n) is 3.69. The smallest absolute Gasteiger partial charge is 0.262 e. The second-order valence-electron chi connectivity index (χ2n) is 8.63. The van der Waals surface area contributed by atoms with Gasteiger partial charge in [-0.3, -0.25) is 9.59 Å². The zero-order valence-electron chi connectivity index (χ0n) is 17.2. The van der Waals surface area contributed by atoms with E-state index in [-0.39, 0.29) is 17.9 Å². The lowest BCUT2D eigenvalue weighted by atomic mass is 9.72. The summed E-state index contributed by atoms with van der Waals surface area (Å²) in [6, 6.07) is 5.23. The van der Waals surface area contributed by atoms with Crippen molar-refractivity contribution in [1.82, 2.24) is 0 Å². The predicted octanol–water partition coefficient (Wildman–Crippen LogP) is 4.98. The highest BCUT2D eigenvalue weighted by Gasteiger charge is 2.33. The third kappa shape index (κ3) is 4.93. The van der Waals surface area contributed by atoms with E-state index in [9.17, 15) is 9.59 Å². The molecule has 1 aromatic carbocycles. The minimum absolute atomic E-state index is 0.160. The van der Waals surface area contributed by atoms with Gasteiger partial charge in [-0.25, -0.2) is 0 Å². The average Bonchev–Trinajstić information content (AvgIpc) is 2.99. The Balaban J connectivity index is 1.73. The summed E-state index contributed by atoms with van der Waals surface area (Å²) in [6.07, 6.45) is 2.72. The first kappa shape index (κ1) is 21.7. The van der Waals surface area contributed by atoms with Crippen LogP contribution in [0.5, 0.6) is 5.75 Å². The molecule has 5 nitrogen and oxygen atoms in total. The summed E-state index contributed by atoms with van der Waals surface area (Å²) in [5, 5.41) is 4.00. The first-order valence-electron chi connectivity index (χ1n) is 9.69. The van der Waals surface area contributed by atoms with Crippen LogP contribution < -0.4 is 15.8 Å². The molecule has 0 fully saturated rings. The summed E-state index contributed by atoms with van der Waals surface area (Å²) < 4.78 is 5.56. The van der Waals surface area contributed by atoms with E-state index in [2.05, 4.69) is 26.1 Å². The molecule has 3 rings (SSSR count). The summed E-state index contributed by atoms with van der Waals surface area (Å²) in [5.41, 5.74) is 8.16. The van der Waals surface area contributed by atoms with E-state index in [1.165, 1.54) is 11.3 Å². The summed E-state index contributed by atoms with van der Waals surface area (Å²) in [6.45, 7) is 8.43. The van der Waals surface area contributed by atoms with E-state index in [4.69, 9.17) is 22.1 Å². The Bertz CT molecular complexity index is 946. The number of hydrogen-bond donors (Lipinski definition) is 2. The molecule has 7 heteroatoms. The number of hydrogen-bond acceptors (Lipinski definition) is 4. The standard InChI is InChI=1S/C22H27ClN2O3S/c1-12-9-14(6-8-16(12)23)28-11-18(26)25-21-19(20(24)27)15-7-5-13(22(2,3)4)10-17(15)29-21/h6,8-9,13H,5,7,10-11H2,1-4H3,(H2,24,27)(H,25,26)/t13-/m1/s1. The van der Waals surface area contributed by atoms with Crippen LogP contribution >= 0.6 is 22.9 Å². The van der Waals surface area contributed by atoms with Crippen LogP contribution in [0.2, 0.25) is 5.02 Å². The molecule has 3 N–H and O–H groups in total. The van der Waals surface area contributed by atoms with E-state index in [1.54, 1.807) is 18.2 Å². The van der Waals surface area contributed by atoms with Gasteiger partial charge in [0.15, 0.2) is 6.61 Å². The number of fused-ring (bicyclic) bond motifs is 1. The van der Waals surface area contributed by atoms with Crippen molar-refractivity contribution >= 4 is 39.8 Å². The number of nitrogens with one attached hydrogen (secondary N) is 1. The molecular formula is C22H27ClN2O3S. The van der Waals surface area contributed by atoms with Gasteiger partial charge in [-0.2, -0.15) is 0 Å². The molecule has 0 saturated heterocycles. The second-order valence-corrected chi connectivity index (χ2v) is 10.1. The molecule has 29 heavy (non-hydrogen) atoms. The van der Waals surface area contributed by atoms with Crippen LogP contribution in [0.3, 0.4) is 0 Å². The summed E-state index contributed by atoms with van der Waals surface area (Å²) in [7, 11) is 0. The van der Waals surface area contributed by atoms with Gasteiger partial charge < -0.3 is 15.8 Å². The van der Waals surface area contributed by atoms with Crippen LogP contribution in [0.1, 0.15) is 53.6 Å². The maximum absolute atomic E-state index is 12.4. The van der Waals surface area contributed by atoms with Gasteiger partial charge in [0, 0.05) is 9.90 Å². The van der Waals surface area contributed by atoms with Crippen molar-refractivity contribution in [1.29, 1.82) is 0 Å². The maximum atomic E-state index is 12.4. The van der Waals surface area contributed by atoms with Gasteiger partial charge in [0.1, 0.15) is 10.8 Å². The van der Waals surface area contributed by atoms with Crippen LogP contribution in [0, 0.1) is 18.3 Å². The molecule has 2 amide bonds. The van der Waals surface area contributed by atoms with E-state index in [1.807, 2.05) is 6.92 Å². The second kappa shape index (κ2) is 8.36. The van der Waals surface area contributed by atoms with E-state index in [0.29, 0.717) is 27.3 Å².